The molecule has 0 bridgehead atoms. The van der Waals surface area contributed by atoms with E-state index in [4.69, 9.17) is 4.74 Å². The summed E-state index contributed by atoms with van der Waals surface area (Å²) in [4.78, 5) is 28.3. The Morgan fingerprint density at radius 2 is 1.89 bits per heavy atom. The zero-order valence-corrected chi connectivity index (χ0v) is 11.8. The molecule has 0 aliphatic rings. The molecule has 0 aliphatic carbocycles. The first-order chi connectivity index (χ1) is 8.74. The van der Waals surface area contributed by atoms with Crippen LogP contribution in [0.25, 0.3) is 0 Å². The quantitative estimate of drug-likeness (QED) is 0.768. The van der Waals surface area contributed by atoms with E-state index in [1.54, 1.807) is 33.9 Å². The average molecular weight is 266 g/mol. The van der Waals surface area contributed by atoms with Gasteiger partial charge in [-0.1, -0.05) is 0 Å². The van der Waals surface area contributed by atoms with Crippen LogP contribution in [0.4, 0.5) is 10.6 Å². The van der Waals surface area contributed by atoms with Crippen molar-refractivity contribution in [3.05, 3.63) is 23.9 Å². The van der Waals surface area contributed by atoms with Gasteiger partial charge in [-0.05, 0) is 32.9 Å². The predicted molar refractivity (Wildman–Crippen MR) is 70.2 cm³/mol. The molecule has 0 spiro atoms. The number of nitrogens with zero attached hydrogens (tertiary/aromatic N) is 2. The van der Waals surface area contributed by atoms with Crippen molar-refractivity contribution in [2.24, 2.45) is 0 Å². The third kappa shape index (κ3) is 4.24. The van der Waals surface area contributed by atoms with Crippen LogP contribution < -0.4 is 4.90 Å². The van der Waals surface area contributed by atoms with Gasteiger partial charge in [0.1, 0.15) is 11.4 Å². The monoisotopic (exact) mass is 266 g/mol. The molecule has 19 heavy (non-hydrogen) atoms. The average Bonchev–Trinajstić information content (AvgIpc) is 2.35. The minimum atomic E-state index is -0.572. The molecule has 0 aliphatic heterocycles. The third-order valence-electron chi connectivity index (χ3n) is 2.18. The van der Waals surface area contributed by atoms with Crippen LogP contribution in [0.15, 0.2) is 18.3 Å². The number of carbonyl (C=O) groups is 2. The van der Waals surface area contributed by atoms with E-state index in [1.165, 1.54) is 24.3 Å². The van der Waals surface area contributed by atoms with Crippen LogP contribution in [0.2, 0.25) is 0 Å². The Bertz CT molecular complexity index is 463. The molecular weight excluding hydrogens is 248 g/mol. The second kappa shape index (κ2) is 5.69. The Morgan fingerprint density at radius 3 is 2.32 bits per heavy atom. The first kappa shape index (κ1) is 14.9. The van der Waals surface area contributed by atoms with Gasteiger partial charge in [0.15, 0.2) is 0 Å². The van der Waals surface area contributed by atoms with E-state index in [0.29, 0.717) is 11.4 Å². The smallest absolute Gasteiger partial charge is 0.415 e. The normalized spacial score (nSPS) is 10.8. The van der Waals surface area contributed by atoms with Gasteiger partial charge in [0.25, 0.3) is 0 Å². The number of hydrogen-bond donors (Lipinski definition) is 0. The summed E-state index contributed by atoms with van der Waals surface area (Å²) in [5.74, 6) is -0.0825. The number of anilines is 1. The lowest BCUT2D eigenvalue weighted by Crippen LogP contribution is -2.34. The molecule has 0 radical (unpaired) electrons. The van der Waals surface area contributed by atoms with E-state index in [-0.39, 0.29) is 0 Å². The van der Waals surface area contributed by atoms with E-state index in [0.717, 1.165) is 0 Å². The minimum absolute atomic E-state index is 0.323. The Labute approximate surface area is 112 Å². The highest BCUT2D eigenvalue weighted by molar-refractivity contribution is 5.90. The largest absolute Gasteiger partial charge is 0.465 e. The van der Waals surface area contributed by atoms with Gasteiger partial charge >= 0.3 is 12.1 Å². The summed E-state index contributed by atoms with van der Waals surface area (Å²) in [5.41, 5.74) is -0.249. The zero-order chi connectivity index (χ0) is 14.6. The standard InChI is InChI=1S/C13H18N2O4/c1-13(2,3)19-12(17)15(4)10-7-6-9(8-14-10)11(16)18-5/h6-8H,1-5H3. The molecule has 104 valence electrons. The van der Waals surface area contributed by atoms with E-state index >= 15 is 0 Å². The molecule has 0 saturated heterocycles. The Kier molecular flexibility index (Phi) is 4.47. The fraction of sp³-hybridized carbons (Fsp3) is 0.462. The van der Waals surface area contributed by atoms with Crippen molar-refractivity contribution in [1.82, 2.24) is 4.98 Å². The molecular formula is C13H18N2O4. The maximum atomic E-state index is 11.8. The van der Waals surface area contributed by atoms with Crippen LogP contribution in [0.5, 0.6) is 0 Å². The van der Waals surface area contributed by atoms with Crippen LogP contribution in [0.1, 0.15) is 31.1 Å². The lowest BCUT2D eigenvalue weighted by molar-refractivity contribution is 0.0585. The van der Waals surface area contributed by atoms with Crippen LogP contribution in [0, 0.1) is 0 Å². The van der Waals surface area contributed by atoms with Crippen molar-refractivity contribution in [1.29, 1.82) is 0 Å². The van der Waals surface area contributed by atoms with Gasteiger partial charge in [-0.15, -0.1) is 0 Å². The molecule has 6 nitrogen and oxygen atoms in total. The van der Waals surface area contributed by atoms with Gasteiger partial charge in [-0.2, -0.15) is 0 Å². The van der Waals surface area contributed by atoms with Crippen LogP contribution in [0.3, 0.4) is 0 Å². The van der Waals surface area contributed by atoms with Crippen molar-refractivity contribution < 1.29 is 19.1 Å². The summed E-state index contributed by atoms with van der Waals surface area (Å²) < 4.78 is 9.77. The maximum Gasteiger partial charge on any atom is 0.415 e. The zero-order valence-electron chi connectivity index (χ0n) is 11.8. The highest BCUT2D eigenvalue weighted by atomic mass is 16.6. The summed E-state index contributed by atoms with van der Waals surface area (Å²) in [6, 6.07) is 3.09. The highest BCUT2D eigenvalue weighted by Crippen LogP contribution is 2.15. The van der Waals surface area contributed by atoms with E-state index in [9.17, 15) is 9.59 Å². The maximum absolute atomic E-state index is 11.8. The molecule has 0 atom stereocenters. The fourth-order valence-electron chi connectivity index (χ4n) is 1.25. The molecule has 0 aromatic carbocycles. The third-order valence-corrected chi connectivity index (χ3v) is 2.18. The summed E-state index contributed by atoms with van der Waals surface area (Å²) >= 11 is 0. The van der Waals surface area contributed by atoms with Crippen molar-refractivity contribution in [3.8, 4) is 0 Å². The number of hydrogen-bond acceptors (Lipinski definition) is 5. The fourth-order valence-corrected chi connectivity index (χ4v) is 1.25. The van der Waals surface area contributed by atoms with Crippen LogP contribution >= 0.6 is 0 Å². The van der Waals surface area contributed by atoms with E-state index < -0.39 is 17.7 Å². The summed E-state index contributed by atoms with van der Waals surface area (Å²) in [7, 11) is 2.84. The molecule has 1 heterocycles. The Morgan fingerprint density at radius 1 is 1.26 bits per heavy atom. The van der Waals surface area contributed by atoms with Crippen molar-refractivity contribution in [2.75, 3.05) is 19.1 Å². The number of pyridine rings is 1. The van der Waals surface area contributed by atoms with Crippen molar-refractivity contribution in [3.63, 3.8) is 0 Å². The molecule has 0 N–H and O–H groups in total. The number of carbonyl (C=O) groups excluding carboxylic acids is 2. The minimum Gasteiger partial charge on any atom is -0.465 e. The Hall–Kier alpha value is -2.11. The lowest BCUT2D eigenvalue weighted by atomic mass is 10.2. The molecule has 0 unspecified atom stereocenters. The van der Waals surface area contributed by atoms with Gasteiger partial charge in [-0.25, -0.2) is 14.6 Å². The molecule has 1 aromatic rings. The predicted octanol–water partition coefficient (Wildman–Crippen LogP) is 2.24. The summed E-state index contributed by atoms with van der Waals surface area (Å²) in [6.45, 7) is 5.35. The lowest BCUT2D eigenvalue weighted by Gasteiger charge is -2.24. The van der Waals surface area contributed by atoms with Gasteiger partial charge in [0.05, 0.1) is 12.7 Å². The molecule has 0 saturated carbocycles. The second-order valence-electron chi connectivity index (χ2n) is 4.94. The van der Waals surface area contributed by atoms with E-state index in [1.807, 2.05) is 0 Å². The highest BCUT2D eigenvalue weighted by Gasteiger charge is 2.21. The van der Waals surface area contributed by atoms with Gasteiger partial charge in [0, 0.05) is 13.2 Å². The van der Waals surface area contributed by atoms with Gasteiger partial charge in [0.2, 0.25) is 0 Å². The van der Waals surface area contributed by atoms with Crippen LogP contribution in [-0.4, -0.2) is 36.8 Å². The molecule has 0 fully saturated rings. The first-order valence-electron chi connectivity index (χ1n) is 5.75. The number of esters is 1. The second-order valence-corrected chi connectivity index (χ2v) is 4.94. The number of ether oxygens (including phenoxy) is 2. The first-order valence-corrected chi connectivity index (χ1v) is 5.75. The van der Waals surface area contributed by atoms with Gasteiger partial charge in [-0.3, -0.25) is 4.90 Å². The number of rotatable bonds is 2. The molecule has 1 aromatic heterocycles. The van der Waals surface area contributed by atoms with Crippen molar-refractivity contribution in [2.45, 2.75) is 26.4 Å². The number of methoxy groups -OCH3 is 1. The summed E-state index contributed by atoms with van der Waals surface area (Å²) in [6.07, 6.45) is 0.841. The Balaban J connectivity index is 2.80. The van der Waals surface area contributed by atoms with Crippen LogP contribution in [-0.2, 0) is 9.47 Å². The van der Waals surface area contributed by atoms with E-state index in [2.05, 4.69) is 9.72 Å². The molecule has 1 rings (SSSR count). The molecule has 6 heteroatoms. The van der Waals surface area contributed by atoms with Crippen molar-refractivity contribution >= 4 is 17.9 Å². The number of amides is 1. The van der Waals surface area contributed by atoms with Gasteiger partial charge < -0.3 is 9.47 Å². The SMILES string of the molecule is COC(=O)c1ccc(N(C)C(=O)OC(C)(C)C)nc1. The topological polar surface area (TPSA) is 68.7 Å². The molecule has 1 amide bonds. The number of aromatic nitrogens is 1. The summed E-state index contributed by atoms with van der Waals surface area (Å²) in [5, 5.41) is 0.